The first-order valence-electron chi connectivity index (χ1n) is 5.27. The average molecular weight is 248 g/mol. The molecule has 0 aliphatic rings. The molecule has 2 atom stereocenters. The van der Waals surface area contributed by atoms with Gasteiger partial charge in [0.2, 0.25) is 0 Å². The number of hydrogen-bond donors (Lipinski definition) is 3. The number of carbonyl (C=O) groups is 2. The molecule has 16 heavy (non-hydrogen) atoms. The van der Waals surface area contributed by atoms with Crippen molar-refractivity contribution in [3.05, 3.63) is 0 Å². The molecular formula is C10H20N2O3S. The lowest BCUT2D eigenvalue weighted by atomic mass is 10.2. The molecule has 0 aromatic rings. The Morgan fingerprint density at radius 1 is 1.44 bits per heavy atom. The van der Waals surface area contributed by atoms with Crippen LogP contribution in [0.1, 0.15) is 20.3 Å². The number of aliphatic carboxylic acids is 1. The van der Waals surface area contributed by atoms with Crippen LogP contribution in [0.15, 0.2) is 0 Å². The third kappa shape index (κ3) is 6.55. The summed E-state index contributed by atoms with van der Waals surface area (Å²) in [6.45, 7) is 4.31. The van der Waals surface area contributed by atoms with E-state index in [0.29, 0.717) is 18.9 Å². The molecule has 3 N–H and O–H groups in total. The maximum atomic E-state index is 11.3. The largest absolute Gasteiger partial charge is 0.480 e. The number of hydrogen-bond acceptors (Lipinski definition) is 3. The molecule has 0 bridgehead atoms. The van der Waals surface area contributed by atoms with Crippen LogP contribution >= 0.6 is 11.8 Å². The van der Waals surface area contributed by atoms with Gasteiger partial charge in [0.1, 0.15) is 6.04 Å². The second kappa shape index (κ2) is 8.27. The fraction of sp³-hybridized carbons (Fsp3) is 0.800. The van der Waals surface area contributed by atoms with Crippen molar-refractivity contribution in [1.82, 2.24) is 10.6 Å². The summed E-state index contributed by atoms with van der Waals surface area (Å²) in [7, 11) is 0. The minimum Gasteiger partial charge on any atom is -0.480 e. The Hall–Kier alpha value is -0.910. The number of amides is 2. The van der Waals surface area contributed by atoms with E-state index < -0.39 is 18.0 Å². The fourth-order valence-corrected chi connectivity index (χ4v) is 1.84. The topological polar surface area (TPSA) is 78.4 Å². The summed E-state index contributed by atoms with van der Waals surface area (Å²) in [5.74, 6) is 0.344. The molecule has 94 valence electrons. The van der Waals surface area contributed by atoms with Crippen molar-refractivity contribution in [1.29, 1.82) is 0 Å². The van der Waals surface area contributed by atoms with E-state index in [-0.39, 0.29) is 0 Å². The number of carboxylic acid groups (broad SMARTS) is 1. The molecule has 0 aromatic heterocycles. The van der Waals surface area contributed by atoms with Crippen molar-refractivity contribution in [2.75, 3.05) is 18.6 Å². The Morgan fingerprint density at radius 2 is 2.06 bits per heavy atom. The second-order valence-electron chi connectivity index (χ2n) is 3.71. The van der Waals surface area contributed by atoms with Crippen LogP contribution in [0.2, 0.25) is 0 Å². The normalized spacial score (nSPS) is 13.9. The number of thioether (sulfide) groups is 1. The number of nitrogens with one attached hydrogen (secondary N) is 2. The maximum absolute atomic E-state index is 11.3. The molecular weight excluding hydrogens is 228 g/mol. The van der Waals surface area contributed by atoms with Crippen LogP contribution in [0.5, 0.6) is 0 Å². The van der Waals surface area contributed by atoms with Crippen LogP contribution in [-0.2, 0) is 4.79 Å². The predicted molar refractivity (Wildman–Crippen MR) is 65.8 cm³/mol. The van der Waals surface area contributed by atoms with Crippen LogP contribution in [0, 0.1) is 5.92 Å². The van der Waals surface area contributed by atoms with E-state index in [1.807, 2.05) is 13.2 Å². The Morgan fingerprint density at radius 3 is 2.50 bits per heavy atom. The maximum Gasteiger partial charge on any atom is 0.326 e. The summed E-state index contributed by atoms with van der Waals surface area (Å²) >= 11 is 1.72. The summed E-state index contributed by atoms with van der Waals surface area (Å²) in [4.78, 5) is 22.0. The molecule has 2 amide bonds. The van der Waals surface area contributed by atoms with Crippen LogP contribution in [0.25, 0.3) is 0 Å². The molecule has 5 nitrogen and oxygen atoms in total. The highest BCUT2D eigenvalue weighted by Crippen LogP contribution is 2.02. The first-order valence-corrected chi connectivity index (χ1v) is 6.66. The van der Waals surface area contributed by atoms with Crippen molar-refractivity contribution >= 4 is 23.8 Å². The lowest BCUT2D eigenvalue weighted by molar-refractivity contribution is -0.139. The predicted octanol–water partition coefficient (Wildman–Crippen LogP) is 1.15. The van der Waals surface area contributed by atoms with Crippen molar-refractivity contribution in [2.45, 2.75) is 26.3 Å². The van der Waals surface area contributed by atoms with Gasteiger partial charge in [0.05, 0.1) is 0 Å². The highest BCUT2D eigenvalue weighted by molar-refractivity contribution is 7.98. The first-order chi connectivity index (χ1) is 7.51. The van der Waals surface area contributed by atoms with Gasteiger partial charge in [-0.25, -0.2) is 9.59 Å². The number of carboxylic acids is 1. The molecule has 0 saturated carbocycles. The molecule has 0 rings (SSSR count). The number of carbonyl (C=O) groups excluding carboxylic acids is 1. The molecule has 0 aliphatic carbocycles. The summed E-state index contributed by atoms with van der Waals surface area (Å²) in [6.07, 6.45) is 2.39. The van der Waals surface area contributed by atoms with Crippen molar-refractivity contribution in [3.8, 4) is 0 Å². The Labute approximate surface area is 100 Å². The average Bonchev–Trinajstić information content (AvgIpc) is 2.23. The number of rotatable bonds is 7. The summed E-state index contributed by atoms with van der Waals surface area (Å²) in [5, 5.41) is 13.8. The van der Waals surface area contributed by atoms with Gasteiger partial charge in [-0.05, 0) is 24.3 Å². The van der Waals surface area contributed by atoms with Gasteiger partial charge >= 0.3 is 12.0 Å². The van der Waals surface area contributed by atoms with Gasteiger partial charge in [-0.3, -0.25) is 0 Å². The lowest BCUT2D eigenvalue weighted by Crippen LogP contribution is -2.46. The Balaban J connectivity index is 3.85. The monoisotopic (exact) mass is 248 g/mol. The van der Waals surface area contributed by atoms with Gasteiger partial charge in [-0.2, -0.15) is 11.8 Å². The zero-order chi connectivity index (χ0) is 12.6. The highest BCUT2D eigenvalue weighted by Gasteiger charge is 2.17. The molecule has 0 aromatic carbocycles. The third-order valence-electron chi connectivity index (χ3n) is 2.07. The molecule has 1 unspecified atom stereocenters. The highest BCUT2D eigenvalue weighted by atomic mass is 32.2. The second-order valence-corrected chi connectivity index (χ2v) is 4.62. The SMILES string of the molecule is CC[C@@H](NC(=O)NCC(C)CSC)C(=O)O. The minimum atomic E-state index is -1.00. The summed E-state index contributed by atoms with van der Waals surface area (Å²) in [6, 6.07) is -1.22. The van der Waals surface area contributed by atoms with Gasteiger partial charge in [0.25, 0.3) is 0 Å². The van der Waals surface area contributed by atoms with E-state index in [0.717, 1.165) is 5.75 Å². The van der Waals surface area contributed by atoms with Gasteiger partial charge in [0.15, 0.2) is 0 Å². The van der Waals surface area contributed by atoms with Crippen LogP contribution < -0.4 is 10.6 Å². The van der Waals surface area contributed by atoms with Crippen molar-refractivity contribution < 1.29 is 14.7 Å². The molecule has 6 heteroatoms. The van der Waals surface area contributed by atoms with E-state index in [9.17, 15) is 9.59 Å². The zero-order valence-corrected chi connectivity index (χ0v) is 10.8. The smallest absolute Gasteiger partial charge is 0.326 e. The van der Waals surface area contributed by atoms with Crippen molar-refractivity contribution in [3.63, 3.8) is 0 Å². The standard InChI is InChI=1S/C10H20N2O3S/c1-4-8(9(13)14)12-10(15)11-5-7(2)6-16-3/h7-8H,4-6H2,1-3H3,(H,13,14)(H2,11,12,15)/t7?,8-/m1/s1. The fourth-order valence-electron chi connectivity index (χ4n) is 1.16. The van der Waals surface area contributed by atoms with E-state index in [4.69, 9.17) is 5.11 Å². The minimum absolute atomic E-state index is 0.378. The van der Waals surface area contributed by atoms with E-state index in [1.165, 1.54) is 0 Å². The third-order valence-corrected chi connectivity index (χ3v) is 2.98. The molecule has 0 fully saturated rings. The molecule has 0 spiro atoms. The number of urea groups is 1. The van der Waals surface area contributed by atoms with E-state index in [1.54, 1.807) is 18.7 Å². The zero-order valence-electron chi connectivity index (χ0n) is 9.95. The van der Waals surface area contributed by atoms with Crippen molar-refractivity contribution in [2.24, 2.45) is 5.92 Å². The summed E-state index contributed by atoms with van der Waals surface area (Å²) in [5.41, 5.74) is 0. The van der Waals surface area contributed by atoms with E-state index in [2.05, 4.69) is 10.6 Å². The molecule has 0 heterocycles. The Bertz CT molecular complexity index is 236. The van der Waals surface area contributed by atoms with Gasteiger partial charge in [-0.1, -0.05) is 13.8 Å². The molecule has 0 radical (unpaired) electrons. The van der Waals surface area contributed by atoms with Gasteiger partial charge in [-0.15, -0.1) is 0 Å². The van der Waals surface area contributed by atoms with Gasteiger partial charge < -0.3 is 15.7 Å². The van der Waals surface area contributed by atoms with Gasteiger partial charge in [0, 0.05) is 6.54 Å². The van der Waals surface area contributed by atoms with Crippen LogP contribution in [-0.4, -0.2) is 41.7 Å². The van der Waals surface area contributed by atoms with Crippen LogP contribution in [0.3, 0.4) is 0 Å². The molecule has 0 saturated heterocycles. The first kappa shape index (κ1) is 15.1. The van der Waals surface area contributed by atoms with Crippen LogP contribution in [0.4, 0.5) is 4.79 Å². The Kier molecular flexibility index (Phi) is 7.80. The summed E-state index contributed by atoms with van der Waals surface area (Å²) < 4.78 is 0. The quantitative estimate of drug-likeness (QED) is 0.631. The lowest BCUT2D eigenvalue weighted by Gasteiger charge is -2.15. The molecule has 0 aliphatic heterocycles. The van der Waals surface area contributed by atoms with E-state index >= 15 is 0 Å².